The molecular weight excluding hydrogens is 297 g/mol. The number of anilines is 1. The Morgan fingerprint density at radius 3 is 2.55 bits per heavy atom. The smallest absolute Gasteiger partial charge is 0.257 e. The van der Waals surface area contributed by atoms with Crippen molar-refractivity contribution in [2.45, 2.75) is 13.0 Å². The number of benzene rings is 2. The second-order valence-electron chi connectivity index (χ2n) is 4.34. The van der Waals surface area contributed by atoms with Crippen molar-refractivity contribution >= 4 is 34.8 Å². The molecule has 0 fully saturated rings. The van der Waals surface area contributed by atoms with Crippen molar-refractivity contribution in [3.63, 3.8) is 0 Å². The standard InChI is InChI=1S/C15H13Cl2NO2/c1-9(19)11-4-2-3-5-14(11)18-15(20)12-7-6-10(16)8-13(12)17/h2-9,19H,1H3,(H,18,20). The van der Waals surface area contributed by atoms with Crippen molar-refractivity contribution < 1.29 is 9.90 Å². The van der Waals surface area contributed by atoms with Crippen LogP contribution in [0.5, 0.6) is 0 Å². The average molecular weight is 310 g/mol. The van der Waals surface area contributed by atoms with Gasteiger partial charge in [0.05, 0.1) is 16.7 Å². The molecule has 0 radical (unpaired) electrons. The Kier molecular flexibility index (Phi) is 4.65. The van der Waals surface area contributed by atoms with Gasteiger partial charge in [0, 0.05) is 16.3 Å². The van der Waals surface area contributed by atoms with Gasteiger partial charge in [-0.3, -0.25) is 4.79 Å². The second kappa shape index (κ2) is 6.27. The molecule has 1 atom stereocenters. The highest BCUT2D eigenvalue weighted by molar-refractivity contribution is 6.37. The fourth-order valence-electron chi connectivity index (χ4n) is 1.84. The van der Waals surface area contributed by atoms with Crippen LogP contribution in [0, 0.1) is 0 Å². The van der Waals surface area contributed by atoms with Crippen LogP contribution in [-0.4, -0.2) is 11.0 Å². The topological polar surface area (TPSA) is 49.3 Å². The molecule has 2 rings (SSSR count). The van der Waals surface area contributed by atoms with Crippen molar-refractivity contribution in [3.05, 3.63) is 63.6 Å². The predicted octanol–water partition coefficient (Wildman–Crippen LogP) is 4.30. The molecule has 1 amide bonds. The summed E-state index contributed by atoms with van der Waals surface area (Å²) in [7, 11) is 0. The Morgan fingerprint density at radius 2 is 1.90 bits per heavy atom. The fraction of sp³-hybridized carbons (Fsp3) is 0.133. The molecule has 2 aromatic carbocycles. The Balaban J connectivity index is 2.28. The van der Waals surface area contributed by atoms with Gasteiger partial charge in [0.2, 0.25) is 0 Å². The lowest BCUT2D eigenvalue weighted by molar-refractivity contribution is 0.102. The predicted molar refractivity (Wildman–Crippen MR) is 81.5 cm³/mol. The number of nitrogens with one attached hydrogen (secondary N) is 1. The van der Waals surface area contributed by atoms with E-state index in [0.29, 0.717) is 21.8 Å². The first-order valence-electron chi connectivity index (χ1n) is 6.02. The average Bonchev–Trinajstić information content (AvgIpc) is 2.38. The number of hydrogen-bond donors (Lipinski definition) is 2. The van der Waals surface area contributed by atoms with Crippen LogP contribution in [0.25, 0.3) is 0 Å². The summed E-state index contributed by atoms with van der Waals surface area (Å²) >= 11 is 11.8. The molecule has 0 heterocycles. The first kappa shape index (κ1) is 14.9. The Hall–Kier alpha value is -1.55. The highest BCUT2D eigenvalue weighted by Crippen LogP contribution is 2.25. The number of aliphatic hydroxyl groups is 1. The van der Waals surface area contributed by atoms with E-state index in [-0.39, 0.29) is 10.9 Å². The minimum Gasteiger partial charge on any atom is -0.389 e. The number of carbonyl (C=O) groups excluding carboxylic acids is 1. The summed E-state index contributed by atoms with van der Waals surface area (Å²) in [6, 6.07) is 11.7. The molecule has 3 nitrogen and oxygen atoms in total. The van der Waals surface area contributed by atoms with Gasteiger partial charge in [-0.05, 0) is 31.2 Å². The van der Waals surface area contributed by atoms with Crippen LogP contribution in [0.2, 0.25) is 10.0 Å². The monoisotopic (exact) mass is 309 g/mol. The van der Waals surface area contributed by atoms with Gasteiger partial charge in [-0.15, -0.1) is 0 Å². The maximum absolute atomic E-state index is 12.2. The van der Waals surface area contributed by atoms with Gasteiger partial charge in [0.1, 0.15) is 0 Å². The zero-order chi connectivity index (χ0) is 14.7. The Morgan fingerprint density at radius 1 is 1.20 bits per heavy atom. The third-order valence-corrected chi connectivity index (χ3v) is 3.38. The third kappa shape index (κ3) is 3.31. The summed E-state index contributed by atoms with van der Waals surface area (Å²) < 4.78 is 0. The molecule has 1 unspecified atom stereocenters. The number of rotatable bonds is 3. The van der Waals surface area contributed by atoms with Gasteiger partial charge in [-0.1, -0.05) is 41.4 Å². The van der Waals surface area contributed by atoms with E-state index in [9.17, 15) is 9.90 Å². The van der Waals surface area contributed by atoms with E-state index in [2.05, 4.69) is 5.32 Å². The van der Waals surface area contributed by atoms with Gasteiger partial charge in [-0.2, -0.15) is 0 Å². The van der Waals surface area contributed by atoms with Gasteiger partial charge < -0.3 is 10.4 Å². The minimum atomic E-state index is -0.674. The number of hydrogen-bond acceptors (Lipinski definition) is 2. The highest BCUT2D eigenvalue weighted by Gasteiger charge is 2.14. The zero-order valence-corrected chi connectivity index (χ0v) is 12.2. The van der Waals surface area contributed by atoms with Crippen LogP contribution in [0.4, 0.5) is 5.69 Å². The molecule has 0 spiro atoms. The van der Waals surface area contributed by atoms with Crippen molar-refractivity contribution in [1.29, 1.82) is 0 Å². The van der Waals surface area contributed by atoms with Crippen LogP contribution >= 0.6 is 23.2 Å². The normalized spacial score (nSPS) is 12.0. The van der Waals surface area contributed by atoms with Crippen LogP contribution in [0.15, 0.2) is 42.5 Å². The molecule has 0 aliphatic heterocycles. The molecule has 104 valence electrons. The summed E-state index contributed by atoms with van der Waals surface area (Å²) in [4.78, 5) is 12.2. The molecule has 0 saturated carbocycles. The third-order valence-electron chi connectivity index (χ3n) is 2.83. The number of carbonyl (C=O) groups is 1. The van der Waals surface area contributed by atoms with Crippen LogP contribution in [0.3, 0.4) is 0 Å². The van der Waals surface area contributed by atoms with Crippen molar-refractivity contribution in [2.24, 2.45) is 0 Å². The summed E-state index contributed by atoms with van der Waals surface area (Å²) in [5, 5.41) is 13.2. The lowest BCUT2D eigenvalue weighted by Gasteiger charge is -2.13. The van der Waals surface area contributed by atoms with Gasteiger partial charge in [0.15, 0.2) is 0 Å². The van der Waals surface area contributed by atoms with E-state index in [1.54, 1.807) is 43.3 Å². The Labute approximate surface area is 127 Å². The minimum absolute atomic E-state index is 0.282. The summed E-state index contributed by atoms with van der Waals surface area (Å²) in [6.07, 6.45) is -0.674. The van der Waals surface area contributed by atoms with E-state index >= 15 is 0 Å². The largest absolute Gasteiger partial charge is 0.389 e. The van der Waals surface area contributed by atoms with E-state index in [1.807, 2.05) is 0 Å². The van der Waals surface area contributed by atoms with Gasteiger partial charge in [0.25, 0.3) is 5.91 Å². The van der Waals surface area contributed by atoms with Crippen molar-refractivity contribution in [3.8, 4) is 0 Å². The lowest BCUT2D eigenvalue weighted by atomic mass is 10.1. The summed E-state index contributed by atoms with van der Waals surface area (Å²) in [6.45, 7) is 1.64. The molecule has 0 aromatic heterocycles. The molecule has 5 heteroatoms. The molecule has 0 bridgehead atoms. The lowest BCUT2D eigenvalue weighted by Crippen LogP contribution is -2.14. The van der Waals surface area contributed by atoms with Gasteiger partial charge >= 0.3 is 0 Å². The second-order valence-corrected chi connectivity index (χ2v) is 5.19. The molecule has 2 N–H and O–H groups in total. The summed E-state index contributed by atoms with van der Waals surface area (Å²) in [5.74, 6) is -0.347. The van der Waals surface area contributed by atoms with Crippen LogP contribution < -0.4 is 5.32 Å². The maximum Gasteiger partial charge on any atom is 0.257 e. The van der Waals surface area contributed by atoms with Crippen molar-refractivity contribution in [1.82, 2.24) is 0 Å². The summed E-state index contributed by atoms with van der Waals surface area (Å²) in [5.41, 5.74) is 1.53. The molecule has 0 aliphatic rings. The van der Waals surface area contributed by atoms with E-state index in [1.165, 1.54) is 6.07 Å². The van der Waals surface area contributed by atoms with Gasteiger partial charge in [-0.25, -0.2) is 0 Å². The Bertz CT molecular complexity index is 642. The molecule has 2 aromatic rings. The highest BCUT2D eigenvalue weighted by atomic mass is 35.5. The number of amides is 1. The number of halogens is 2. The SMILES string of the molecule is CC(O)c1ccccc1NC(=O)c1ccc(Cl)cc1Cl. The van der Waals surface area contributed by atoms with E-state index < -0.39 is 6.10 Å². The molecular formula is C15H13Cl2NO2. The maximum atomic E-state index is 12.2. The van der Waals surface area contributed by atoms with E-state index in [4.69, 9.17) is 23.2 Å². The quantitative estimate of drug-likeness (QED) is 0.888. The van der Waals surface area contributed by atoms with E-state index in [0.717, 1.165) is 0 Å². The number of aliphatic hydroxyl groups excluding tert-OH is 1. The fourth-order valence-corrected chi connectivity index (χ4v) is 2.33. The molecule has 0 aliphatic carbocycles. The first-order chi connectivity index (χ1) is 9.49. The number of para-hydroxylation sites is 1. The van der Waals surface area contributed by atoms with Crippen molar-refractivity contribution in [2.75, 3.05) is 5.32 Å². The zero-order valence-electron chi connectivity index (χ0n) is 10.7. The first-order valence-corrected chi connectivity index (χ1v) is 6.78. The molecule has 0 saturated heterocycles. The van der Waals surface area contributed by atoms with Crippen LogP contribution in [-0.2, 0) is 0 Å². The molecule has 20 heavy (non-hydrogen) atoms. The van der Waals surface area contributed by atoms with Crippen LogP contribution in [0.1, 0.15) is 28.9 Å².